The Morgan fingerprint density at radius 2 is 1.14 bits per heavy atom. The number of phosphoric ester groups is 2. The lowest BCUT2D eigenvalue weighted by atomic mass is 9.79. The van der Waals surface area contributed by atoms with Crippen LogP contribution >= 0.6 is 23.2 Å². The third-order valence-corrected chi connectivity index (χ3v) is 11.5. The van der Waals surface area contributed by atoms with E-state index in [0.29, 0.717) is 12.8 Å². The highest BCUT2D eigenvalue weighted by Crippen LogP contribution is 2.51. The summed E-state index contributed by atoms with van der Waals surface area (Å²) in [5.41, 5.74) is 0. The minimum absolute atomic E-state index is 0. The zero-order chi connectivity index (χ0) is 47.7. The van der Waals surface area contributed by atoms with Gasteiger partial charge in [0.05, 0.1) is 31.6 Å². The van der Waals surface area contributed by atoms with E-state index in [1.165, 1.54) is 51.4 Å². The molecule has 1 aliphatic rings. The lowest BCUT2D eigenvalue weighted by Crippen LogP contribution is -2.62. The van der Waals surface area contributed by atoms with E-state index in [4.69, 9.17) is 28.9 Å². The Morgan fingerprint density at radius 1 is 0.651 bits per heavy atom. The van der Waals surface area contributed by atoms with Crippen molar-refractivity contribution in [3.8, 4) is 47.5 Å². The maximum atomic E-state index is 12.9. The molecule has 10 N–H and O–H groups in total. The fourth-order valence-electron chi connectivity index (χ4n) is 6.02. The Morgan fingerprint density at radius 3 is 1.63 bits per heavy atom. The van der Waals surface area contributed by atoms with Crippen molar-refractivity contribution in [1.29, 1.82) is 0 Å². The van der Waals surface area contributed by atoms with Crippen molar-refractivity contribution in [3.63, 3.8) is 0 Å². The second kappa shape index (κ2) is 34.7. The normalized spacial score (nSPS) is 20.8. The fourth-order valence-corrected chi connectivity index (χ4v) is 8.61. The molecule has 8 atom stereocenters. The second-order valence-corrected chi connectivity index (χ2v) is 18.7. The number of rotatable bonds is 29. The average Bonchev–Trinajstić information content (AvgIpc) is 3.20. The molecule has 0 radical (unpaired) electrons. The van der Waals surface area contributed by atoms with Gasteiger partial charge in [0, 0.05) is 52.6 Å². The summed E-state index contributed by atoms with van der Waals surface area (Å²) in [6.07, 6.45) is 1.86. The van der Waals surface area contributed by atoms with Crippen LogP contribution in [0.25, 0.3) is 0 Å². The minimum Gasteiger partial charge on any atom is -0.457 e. The van der Waals surface area contributed by atoms with E-state index >= 15 is 0 Å². The van der Waals surface area contributed by atoms with Crippen LogP contribution in [0.1, 0.15) is 133 Å². The van der Waals surface area contributed by atoms with Crippen molar-refractivity contribution in [2.75, 3.05) is 26.2 Å². The number of amides is 1. The number of hydrogen-bond acceptors (Lipinski definition) is 14. The molecular weight excluding hydrogens is 891 g/mol. The van der Waals surface area contributed by atoms with Gasteiger partial charge in [-0.1, -0.05) is 96.8 Å². The van der Waals surface area contributed by atoms with Gasteiger partial charge in [-0.15, -0.1) is 0 Å². The summed E-state index contributed by atoms with van der Waals surface area (Å²) in [6, 6.07) is 2.43. The van der Waals surface area contributed by atoms with Gasteiger partial charge in [-0.3, -0.25) is 28.5 Å². The van der Waals surface area contributed by atoms with Crippen molar-refractivity contribution in [1.82, 2.24) is 5.32 Å². The predicted molar refractivity (Wildman–Crippen MR) is 244 cm³/mol. The first-order chi connectivity index (χ1) is 29.7. The molecule has 0 aromatic carbocycles. The van der Waals surface area contributed by atoms with Crippen LogP contribution in [0, 0.1) is 53.4 Å². The third-order valence-electron chi connectivity index (χ3n) is 9.00. The highest BCUT2D eigenvalue weighted by atomic mass is 31.2. The average molecular weight is 972 g/mol. The number of carbonyl (C=O) groups excluding carboxylic acids is 2. The largest absolute Gasteiger partial charge is 0.470 e. The summed E-state index contributed by atoms with van der Waals surface area (Å²) < 4.78 is 59.4. The Kier molecular flexibility index (Phi) is 33.2. The van der Waals surface area contributed by atoms with Gasteiger partial charge in [0.25, 0.3) is 0 Å². The van der Waals surface area contributed by atoms with Crippen molar-refractivity contribution in [2.24, 2.45) is 5.92 Å². The number of carbonyl (C=O) groups is 2. The number of hydrogen-bond donors (Lipinski definition) is 10. The van der Waals surface area contributed by atoms with Crippen LogP contribution in [0.3, 0.4) is 0 Å². The first-order valence-electron chi connectivity index (χ1n) is 20.8. The molecule has 20 nitrogen and oxygen atoms in total. The Bertz CT molecular complexity index is 1760. The lowest BCUT2D eigenvalue weighted by molar-refractivity contribution is -0.192. The van der Waals surface area contributed by atoms with E-state index in [2.05, 4.69) is 68.8 Å². The Hall–Kier alpha value is -2.65. The number of nitrogens with one attached hydrogen (secondary N) is 1. The molecule has 0 spiro atoms. The third kappa shape index (κ3) is 31.8. The van der Waals surface area contributed by atoms with Crippen molar-refractivity contribution < 1.29 is 101 Å². The van der Waals surface area contributed by atoms with Gasteiger partial charge >= 0.3 is 29.2 Å². The maximum absolute atomic E-state index is 12.9. The van der Waals surface area contributed by atoms with Crippen LogP contribution in [0.5, 0.6) is 0 Å². The zero-order valence-electron chi connectivity index (χ0n) is 36.1. The molecule has 0 bridgehead atoms. The van der Waals surface area contributed by atoms with E-state index < -0.39 is 97.9 Å². The standard InChI is InChI=1S/C27H55O18P3.C13H11NO.7H2/c1-2-3-4-5-6-7-8-9-10-11-12-13-14-15-22(29)43-20(16-41-19-28)17-42-46(33,34)18-21-23(30)25(32)27(45-48(38,39)40)26(24(21)31)44-47(35,36)37;1-3-5-6-7-8-9-10-12-14-13(15)11-4-2;;;;;;;/h20-21,23-28,30-32H,2-19H2,1H3,(H,33,34)(H2,35,36,37)(H2,38,39,40);4,11H2,1-2H3,(H,14,15);7*1H/t20-,21?,23-,24?,25?,26+,27-;;;;;;;;/m1......../s1. The van der Waals surface area contributed by atoms with Crippen molar-refractivity contribution >= 4 is 35.1 Å². The minimum atomic E-state index is -5.50. The van der Waals surface area contributed by atoms with Crippen LogP contribution in [0.15, 0.2) is 0 Å². The molecule has 0 aromatic rings. The van der Waals surface area contributed by atoms with Crippen LogP contribution in [-0.4, -0.2) is 120 Å². The highest BCUT2D eigenvalue weighted by molar-refractivity contribution is 7.52. The molecule has 1 amide bonds. The predicted octanol–water partition coefficient (Wildman–Crippen LogP) is 4.83. The van der Waals surface area contributed by atoms with Gasteiger partial charge in [-0.2, -0.15) is 0 Å². The molecule has 0 aromatic heterocycles. The van der Waals surface area contributed by atoms with Crippen LogP contribution in [0.2, 0.25) is 0 Å². The molecule has 23 heteroatoms. The first kappa shape index (κ1) is 60.4. The molecular formula is C40H80NO19P3. The van der Waals surface area contributed by atoms with Gasteiger partial charge in [0.2, 0.25) is 5.91 Å². The summed E-state index contributed by atoms with van der Waals surface area (Å²) in [7, 11) is -15.8. The molecule has 63 heavy (non-hydrogen) atoms. The maximum Gasteiger partial charge on any atom is 0.470 e. The number of aliphatic hydroxyl groups excluding tert-OH is 4. The number of esters is 1. The summed E-state index contributed by atoms with van der Waals surface area (Å²) in [5.74, 6) is 15.0. The SMILES string of the molecule is CC#CC#CC#CC#CNC(=O)CCC.CCCCCCCCCCCCCCCC(=O)O[C@H](COCO)COP(=O)(O)CC1C(O)[C@H](OP(=O)(O)O)[C@H](OP(=O)(O)O)C(O)[C@@H]1O.[HH].[HH].[HH].[HH].[HH].[HH].[HH]. The van der Waals surface area contributed by atoms with Crippen LogP contribution in [0.4, 0.5) is 0 Å². The van der Waals surface area contributed by atoms with E-state index in [0.717, 1.165) is 32.1 Å². The molecule has 374 valence electrons. The number of ether oxygens (including phenoxy) is 2. The molecule has 1 aliphatic carbocycles. The quantitative estimate of drug-likeness (QED) is 0.0120. The molecule has 4 unspecified atom stereocenters. The fraction of sp³-hybridized carbons (Fsp3) is 0.750. The summed E-state index contributed by atoms with van der Waals surface area (Å²) in [5, 5.41) is 42.9. The summed E-state index contributed by atoms with van der Waals surface area (Å²) in [4.78, 5) is 70.4. The smallest absolute Gasteiger partial charge is 0.457 e. The molecule has 1 saturated carbocycles. The Labute approximate surface area is 381 Å². The summed E-state index contributed by atoms with van der Waals surface area (Å²) >= 11 is 0. The molecule has 0 saturated heterocycles. The second-order valence-electron chi connectivity index (χ2n) is 14.4. The monoisotopic (exact) mass is 971 g/mol. The van der Waals surface area contributed by atoms with E-state index in [-0.39, 0.29) is 22.3 Å². The Balaban J connectivity index is -0.000000252. The number of aliphatic hydroxyl groups is 4. The van der Waals surface area contributed by atoms with Gasteiger partial charge in [-0.25, -0.2) is 9.13 Å². The first-order valence-corrected chi connectivity index (χ1v) is 25.6. The van der Waals surface area contributed by atoms with Gasteiger partial charge < -0.3 is 58.9 Å². The zero-order valence-corrected chi connectivity index (χ0v) is 38.8. The van der Waals surface area contributed by atoms with Crippen LogP contribution in [-0.2, 0) is 46.3 Å². The highest BCUT2D eigenvalue weighted by Gasteiger charge is 2.55. The molecule has 1 rings (SSSR count). The van der Waals surface area contributed by atoms with Crippen molar-refractivity contribution in [3.05, 3.63) is 0 Å². The van der Waals surface area contributed by atoms with Gasteiger partial charge in [-0.05, 0) is 37.5 Å². The van der Waals surface area contributed by atoms with E-state index in [1.54, 1.807) is 6.92 Å². The topological polar surface area (TPSA) is 326 Å². The van der Waals surface area contributed by atoms with E-state index in [9.17, 15) is 53.3 Å². The van der Waals surface area contributed by atoms with Crippen LogP contribution < -0.4 is 5.32 Å². The number of phosphoric acid groups is 2. The van der Waals surface area contributed by atoms with Gasteiger partial charge in [0.1, 0.15) is 31.2 Å². The van der Waals surface area contributed by atoms with Crippen molar-refractivity contribution in [2.45, 2.75) is 160 Å². The summed E-state index contributed by atoms with van der Waals surface area (Å²) in [6.45, 7) is 3.90. The van der Waals surface area contributed by atoms with Gasteiger partial charge in [0.15, 0.2) is 0 Å². The molecule has 0 aliphatic heterocycles. The number of unbranched alkanes of at least 4 members (excludes halogenated alkanes) is 12. The van der Waals surface area contributed by atoms with E-state index in [1.807, 2.05) is 6.92 Å². The molecule has 0 heterocycles. The molecule has 1 fully saturated rings. The lowest BCUT2D eigenvalue weighted by Gasteiger charge is -2.45.